The van der Waals surface area contributed by atoms with Crippen molar-refractivity contribution in [3.05, 3.63) is 107 Å². The van der Waals surface area contributed by atoms with E-state index in [1.54, 1.807) is 44.4 Å². The van der Waals surface area contributed by atoms with Crippen molar-refractivity contribution in [2.75, 3.05) is 33.8 Å². The first-order chi connectivity index (χ1) is 17.8. The molecule has 3 aromatic rings. The molecule has 0 spiro atoms. The number of aromatic hydroxyl groups is 1. The van der Waals surface area contributed by atoms with Gasteiger partial charge in [0.1, 0.15) is 29.7 Å². The maximum Gasteiger partial charge on any atom is 0.245 e. The Morgan fingerprint density at radius 2 is 1.54 bits per heavy atom. The van der Waals surface area contributed by atoms with Crippen LogP contribution in [0.4, 0.5) is 8.78 Å². The lowest BCUT2D eigenvalue weighted by Crippen LogP contribution is -2.22. The van der Waals surface area contributed by atoms with Crippen molar-refractivity contribution in [3.8, 4) is 11.5 Å². The van der Waals surface area contributed by atoms with E-state index >= 15 is 0 Å². The third-order valence-corrected chi connectivity index (χ3v) is 5.68. The van der Waals surface area contributed by atoms with E-state index in [4.69, 9.17) is 4.74 Å². The maximum atomic E-state index is 14.0. The quantitative estimate of drug-likeness (QED) is 0.200. The zero-order valence-corrected chi connectivity index (χ0v) is 21.3. The summed E-state index contributed by atoms with van der Waals surface area (Å²) in [4.78, 5) is 13.0. The van der Waals surface area contributed by atoms with Crippen molar-refractivity contribution < 1.29 is 23.4 Å². The lowest BCUT2D eigenvalue weighted by molar-refractivity contribution is -0.123. The molecule has 0 aliphatic heterocycles. The van der Waals surface area contributed by atoms with Crippen LogP contribution in [0, 0.1) is 11.6 Å². The molecule has 0 unspecified atom stereocenters. The second kappa shape index (κ2) is 13.4. The number of likely N-dealkylation sites (N-methyl/N-ethyl adjacent to an activating group) is 1. The number of rotatable bonds is 11. The Morgan fingerprint density at radius 1 is 0.946 bits per heavy atom. The van der Waals surface area contributed by atoms with Gasteiger partial charge < -0.3 is 20.1 Å². The maximum absolute atomic E-state index is 14.0. The molecule has 0 bridgehead atoms. The van der Waals surface area contributed by atoms with Gasteiger partial charge in [-0.3, -0.25) is 4.79 Å². The number of nitrogens with one attached hydrogen (secondary N) is 1. The molecule has 5 nitrogen and oxygen atoms in total. The fourth-order valence-corrected chi connectivity index (χ4v) is 3.85. The summed E-state index contributed by atoms with van der Waals surface area (Å²) in [5.41, 5.74) is 3.74. The van der Waals surface area contributed by atoms with Crippen LogP contribution in [0.5, 0.6) is 11.5 Å². The number of ether oxygens (including phenoxy) is 1. The number of carbonyl (C=O) groups excluding carboxylic acids is 1. The Balaban J connectivity index is 1.78. The van der Waals surface area contributed by atoms with Crippen LogP contribution in [0.2, 0.25) is 0 Å². The van der Waals surface area contributed by atoms with E-state index in [0.717, 1.165) is 28.3 Å². The minimum atomic E-state index is -0.636. The fourth-order valence-electron chi connectivity index (χ4n) is 3.85. The standard InChI is InChI=1S/C30H32F2N2O3/c1-4-28(23-18-24(31)20-25(32)19-23)30(21-7-11-26(35)12-8-21)22-9-13-27(14-10-22)37-17-16-33-15-5-6-29(36)34(2)3/h5-14,18-20,33,35H,4,15-17H2,1-3H3. The summed E-state index contributed by atoms with van der Waals surface area (Å²) in [6, 6.07) is 17.8. The number of hydrogen-bond donors (Lipinski definition) is 2. The Hall–Kier alpha value is -3.97. The van der Waals surface area contributed by atoms with Gasteiger partial charge in [-0.1, -0.05) is 37.3 Å². The molecular weight excluding hydrogens is 474 g/mol. The average molecular weight is 507 g/mol. The number of carbonyl (C=O) groups is 1. The highest BCUT2D eigenvalue weighted by Gasteiger charge is 2.15. The van der Waals surface area contributed by atoms with Crippen LogP contribution in [-0.4, -0.2) is 49.7 Å². The van der Waals surface area contributed by atoms with E-state index in [0.29, 0.717) is 37.4 Å². The third kappa shape index (κ3) is 8.02. The number of phenolic OH excluding ortho intramolecular Hbond substituents is 1. The fraction of sp³-hybridized carbons (Fsp3) is 0.233. The van der Waals surface area contributed by atoms with Crippen molar-refractivity contribution in [1.29, 1.82) is 0 Å². The van der Waals surface area contributed by atoms with Crippen LogP contribution in [-0.2, 0) is 4.79 Å². The number of halogens is 2. The molecule has 0 saturated heterocycles. The van der Waals surface area contributed by atoms with Gasteiger partial charge in [0.2, 0.25) is 5.91 Å². The molecule has 0 aromatic heterocycles. The third-order valence-electron chi connectivity index (χ3n) is 5.68. The van der Waals surface area contributed by atoms with Gasteiger partial charge in [-0.2, -0.15) is 0 Å². The molecule has 0 atom stereocenters. The largest absolute Gasteiger partial charge is 0.508 e. The van der Waals surface area contributed by atoms with Crippen LogP contribution in [0.1, 0.15) is 30.0 Å². The predicted molar refractivity (Wildman–Crippen MR) is 143 cm³/mol. The molecule has 0 aliphatic rings. The number of nitrogens with zero attached hydrogens (tertiary/aromatic N) is 1. The monoisotopic (exact) mass is 506 g/mol. The molecule has 1 amide bonds. The SMILES string of the molecule is CCC(=C(c1ccc(O)cc1)c1ccc(OCCNCC=CC(=O)N(C)C)cc1)c1cc(F)cc(F)c1. The molecule has 0 heterocycles. The van der Waals surface area contributed by atoms with Gasteiger partial charge in [0.15, 0.2) is 0 Å². The number of phenols is 1. The van der Waals surface area contributed by atoms with Gasteiger partial charge in [0.25, 0.3) is 0 Å². The number of amides is 1. The van der Waals surface area contributed by atoms with E-state index in [2.05, 4.69) is 5.32 Å². The molecule has 37 heavy (non-hydrogen) atoms. The van der Waals surface area contributed by atoms with Crippen LogP contribution in [0.25, 0.3) is 11.1 Å². The molecule has 3 aromatic carbocycles. The lowest BCUT2D eigenvalue weighted by atomic mass is 9.88. The molecule has 0 fully saturated rings. The van der Waals surface area contributed by atoms with Crippen molar-refractivity contribution >= 4 is 17.1 Å². The normalized spacial score (nSPS) is 11.9. The van der Waals surface area contributed by atoms with E-state index in [9.17, 15) is 18.7 Å². The van der Waals surface area contributed by atoms with Gasteiger partial charge in [-0.15, -0.1) is 0 Å². The molecular formula is C30H32F2N2O3. The van der Waals surface area contributed by atoms with Gasteiger partial charge in [0, 0.05) is 39.3 Å². The summed E-state index contributed by atoms with van der Waals surface area (Å²) >= 11 is 0. The number of benzene rings is 3. The molecule has 194 valence electrons. The summed E-state index contributed by atoms with van der Waals surface area (Å²) in [5, 5.41) is 13.0. The highest BCUT2D eigenvalue weighted by Crippen LogP contribution is 2.36. The Labute approximate surface area is 216 Å². The molecule has 3 rings (SSSR count). The van der Waals surface area contributed by atoms with E-state index in [1.807, 2.05) is 31.2 Å². The Bertz CT molecular complexity index is 1230. The molecule has 0 aliphatic carbocycles. The molecule has 2 N–H and O–H groups in total. The molecule has 0 radical (unpaired) electrons. The first-order valence-electron chi connectivity index (χ1n) is 12.1. The summed E-state index contributed by atoms with van der Waals surface area (Å²) in [6.45, 7) is 3.54. The summed E-state index contributed by atoms with van der Waals surface area (Å²) < 4.78 is 33.9. The Morgan fingerprint density at radius 3 is 2.11 bits per heavy atom. The second-order valence-electron chi connectivity index (χ2n) is 8.62. The number of allylic oxidation sites excluding steroid dienone is 1. The van der Waals surface area contributed by atoms with E-state index < -0.39 is 11.6 Å². The van der Waals surface area contributed by atoms with Crippen LogP contribution >= 0.6 is 0 Å². The first-order valence-corrected chi connectivity index (χ1v) is 12.1. The summed E-state index contributed by atoms with van der Waals surface area (Å²) in [5.74, 6) is -0.516. The van der Waals surface area contributed by atoms with Gasteiger partial charge in [-0.25, -0.2) is 8.78 Å². The van der Waals surface area contributed by atoms with Crippen molar-refractivity contribution in [2.24, 2.45) is 0 Å². The van der Waals surface area contributed by atoms with E-state index in [1.165, 1.54) is 23.1 Å². The van der Waals surface area contributed by atoms with Crippen LogP contribution < -0.4 is 10.1 Å². The number of hydrogen-bond acceptors (Lipinski definition) is 4. The first kappa shape index (κ1) is 27.6. The predicted octanol–water partition coefficient (Wildman–Crippen LogP) is 5.65. The van der Waals surface area contributed by atoms with Crippen molar-refractivity contribution in [3.63, 3.8) is 0 Å². The smallest absolute Gasteiger partial charge is 0.245 e. The van der Waals surface area contributed by atoms with E-state index in [-0.39, 0.29) is 11.7 Å². The zero-order valence-electron chi connectivity index (χ0n) is 21.3. The topological polar surface area (TPSA) is 61.8 Å². The van der Waals surface area contributed by atoms with Crippen molar-refractivity contribution in [1.82, 2.24) is 10.2 Å². The van der Waals surface area contributed by atoms with Gasteiger partial charge in [0.05, 0.1) is 0 Å². The zero-order chi connectivity index (χ0) is 26.8. The Kier molecular flexibility index (Phi) is 9.98. The van der Waals surface area contributed by atoms with Crippen molar-refractivity contribution in [2.45, 2.75) is 13.3 Å². The minimum absolute atomic E-state index is 0.0624. The van der Waals surface area contributed by atoms with Crippen LogP contribution in [0.15, 0.2) is 78.9 Å². The lowest BCUT2D eigenvalue weighted by Gasteiger charge is -2.17. The molecule has 7 heteroatoms. The van der Waals surface area contributed by atoms with Gasteiger partial charge >= 0.3 is 0 Å². The summed E-state index contributed by atoms with van der Waals surface area (Å²) in [6.07, 6.45) is 3.83. The van der Waals surface area contributed by atoms with Crippen LogP contribution in [0.3, 0.4) is 0 Å². The molecule has 0 saturated carbocycles. The average Bonchev–Trinajstić information content (AvgIpc) is 2.87. The highest BCUT2D eigenvalue weighted by molar-refractivity contribution is 5.98. The summed E-state index contributed by atoms with van der Waals surface area (Å²) in [7, 11) is 3.40. The minimum Gasteiger partial charge on any atom is -0.508 e. The second-order valence-corrected chi connectivity index (χ2v) is 8.62. The highest BCUT2D eigenvalue weighted by atomic mass is 19.1. The van der Waals surface area contributed by atoms with Gasteiger partial charge in [-0.05, 0) is 70.7 Å².